The number of amides is 3. The van der Waals surface area contributed by atoms with Crippen LogP contribution in [0.15, 0.2) is 47.6 Å². The van der Waals surface area contributed by atoms with E-state index in [0.717, 1.165) is 10.6 Å². The number of nitrogens with one attached hydrogen (secondary N) is 1. The molecule has 2 aliphatic rings. The Bertz CT molecular complexity index is 976. The lowest BCUT2D eigenvalue weighted by molar-refractivity contribution is -0.130. The standard InChI is InChI=1S/C21H21N3O5/c1-21(9-8-14-6-4-3-5-7-14)19(25)24(20(26)23-21)22-12-15-10-16(27-2)18-17(11-15)28-13-29-18/h3-7,10-12H,8-9,13H2,1-2H3,(H,23,26)/b22-12-/t21-/m0/s1. The van der Waals surface area contributed by atoms with Gasteiger partial charge in [0.2, 0.25) is 12.5 Å². The van der Waals surface area contributed by atoms with Crippen molar-refractivity contribution < 1.29 is 23.8 Å². The Kier molecular flexibility index (Phi) is 4.84. The average molecular weight is 395 g/mol. The lowest BCUT2D eigenvalue weighted by Crippen LogP contribution is -2.44. The molecule has 0 aromatic heterocycles. The predicted molar refractivity (Wildman–Crippen MR) is 105 cm³/mol. The van der Waals surface area contributed by atoms with Crippen molar-refractivity contribution in [3.05, 3.63) is 53.6 Å². The van der Waals surface area contributed by atoms with E-state index < -0.39 is 11.6 Å². The monoisotopic (exact) mass is 395 g/mol. The third-order valence-corrected chi connectivity index (χ3v) is 5.00. The van der Waals surface area contributed by atoms with Crippen molar-refractivity contribution in [3.8, 4) is 17.2 Å². The van der Waals surface area contributed by atoms with Crippen LogP contribution in [0.2, 0.25) is 0 Å². The lowest BCUT2D eigenvalue weighted by Gasteiger charge is -2.20. The van der Waals surface area contributed by atoms with Gasteiger partial charge in [0.1, 0.15) is 5.54 Å². The molecule has 1 fully saturated rings. The van der Waals surface area contributed by atoms with Crippen LogP contribution in [0.1, 0.15) is 24.5 Å². The summed E-state index contributed by atoms with van der Waals surface area (Å²) in [4.78, 5) is 25.2. The largest absolute Gasteiger partial charge is 0.493 e. The van der Waals surface area contributed by atoms with Gasteiger partial charge in [-0.3, -0.25) is 4.79 Å². The minimum atomic E-state index is -1.00. The molecule has 2 heterocycles. The minimum absolute atomic E-state index is 0.110. The van der Waals surface area contributed by atoms with Crippen LogP contribution in [0.5, 0.6) is 17.2 Å². The van der Waals surface area contributed by atoms with Crippen LogP contribution in [-0.4, -0.2) is 42.6 Å². The molecule has 8 heteroatoms. The van der Waals surface area contributed by atoms with E-state index in [9.17, 15) is 9.59 Å². The number of hydrogen-bond donors (Lipinski definition) is 1. The van der Waals surface area contributed by atoms with Crippen LogP contribution < -0.4 is 19.5 Å². The Morgan fingerprint density at radius 1 is 1.24 bits per heavy atom. The fourth-order valence-electron chi connectivity index (χ4n) is 3.33. The summed E-state index contributed by atoms with van der Waals surface area (Å²) < 4.78 is 16.0. The SMILES string of the molecule is COc1cc(/C=N\N2C(=O)N[C@@](C)(CCc3ccccc3)C2=O)cc2c1OCO2. The molecule has 0 saturated carbocycles. The van der Waals surface area contributed by atoms with E-state index in [2.05, 4.69) is 10.4 Å². The van der Waals surface area contributed by atoms with Gasteiger partial charge >= 0.3 is 6.03 Å². The molecule has 2 aliphatic heterocycles. The molecule has 29 heavy (non-hydrogen) atoms. The Morgan fingerprint density at radius 3 is 2.79 bits per heavy atom. The summed E-state index contributed by atoms with van der Waals surface area (Å²) in [7, 11) is 1.52. The van der Waals surface area contributed by atoms with Crippen LogP contribution in [0.4, 0.5) is 4.79 Å². The highest BCUT2D eigenvalue weighted by Gasteiger charge is 2.47. The number of carbonyl (C=O) groups is 2. The zero-order valence-corrected chi connectivity index (χ0v) is 16.2. The van der Waals surface area contributed by atoms with Gasteiger partial charge in [-0.1, -0.05) is 30.3 Å². The van der Waals surface area contributed by atoms with Crippen LogP contribution in [0.25, 0.3) is 0 Å². The van der Waals surface area contributed by atoms with Gasteiger partial charge in [-0.2, -0.15) is 5.10 Å². The summed E-state index contributed by atoms with van der Waals surface area (Å²) in [6.45, 7) is 1.83. The summed E-state index contributed by atoms with van der Waals surface area (Å²) in [6, 6.07) is 12.7. The van der Waals surface area contributed by atoms with E-state index in [-0.39, 0.29) is 12.7 Å². The van der Waals surface area contributed by atoms with Crippen molar-refractivity contribution >= 4 is 18.2 Å². The number of fused-ring (bicyclic) bond motifs is 1. The molecule has 2 aromatic rings. The summed E-state index contributed by atoms with van der Waals surface area (Å²) in [5.41, 5.74) is 0.714. The second kappa shape index (κ2) is 7.46. The number of benzene rings is 2. The van der Waals surface area contributed by atoms with E-state index in [0.29, 0.717) is 35.7 Å². The third-order valence-electron chi connectivity index (χ3n) is 5.00. The first-order chi connectivity index (χ1) is 14.0. The molecule has 0 aliphatic carbocycles. The maximum atomic E-state index is 12.8. The van der Waals surface area contributed by atoms with E-state index in [1.165, 1.54) is 13.3 Å². The van der Waals surface area contributed by atoms with Gasteiger partial charge in [0, 0.05) is 5.56 Å². The van der Waals surface area contributed by atoms with Crippen LogP contribution in [0.3, 0.4) is 0 Å². The molecular weight excluding hydrogens is 374 g/mol. The molecule has 3 amide bonds. The number of rotatable bonds is 6. The smallest absolute Gasteiger partial charge is 0.346 e. The minimum Gasteiger partial charge on any atom is -0.493 e. The molecule has 0 unspecified atom stereocenters. The summed E-state index contributed by atoms with van der Waals surface area (Å²) >= 11 is 0. The number of nitrogens with zero attached hydrogens (tertiary/aromatic N) is 2. The van der Waals surface area contributed by atoms with Gasteiger partial charge < -0.3 is 19.5 Å². The van der Waals surface area contributed by atoms with Gasteiger partial charge in [-0.05, 0) is 37.5 Å². The number of imide groups is 1. The van der Waals surface area contributed by atoms with Crippen molar-refractivity contribution in [3.63, 3.8) is 0 Å². The van der Waals surface area contributed by atoms with Gasteiger partial charge in [-0.25, -0.2) is 4.79 Å². The highest BCUT2D eigenvalue weighted by Crippen LogP contribution is 2.41. The lowest BCUT2D eigenvalue weighted by atomic mass is 9.93. The first kappa shape index (κ1) is 18.8. The Hall–Kier alpha value is -3.55. The quantitative estimate of drug-likeness (QED) is 0.600. The number of ether oxygens (including phenoxy) is 3. The molecule has 4 rings (SSSR count). The van der Waals surface area contributed by atoms with Crippen LogP contribution in [-0.2, 0) is 11.2 Å². The Balaban J connectivity index is 1.49. The summed E-state index contributed by atoms with van der Waals surface area (Å²) in [5, 5.41) is 7.72. The number of hydrazone groups is 1. The van der Waals surface area contributed by atoms with Crippen molar-refractivity contribution in [2.45, 2.75) is 25.3 Å². The van der Waals surface area contributed by atoms with E-state index in [1.54, 1.807) is 19.1 Å². The van der Waals surface area contributed by atoms with E-state index in [1.807, 2.05) is 30.3 Å². The molecule has 0 radical (unpaired) electrons. The van der Waals surface area contributed by atoms with Crippen molar-refractivity contribution in [1.82, 2.24) is 10.3 Å². The van der Waals surface area contributed by atoms with Crippen LogP contribution in [0, 0.1) is 0 Å². The number of methoxy groups -OCH3 is 1. The fourth-order valence-corrected chi connectivity index (χ4v) is 3.33. The molecule has 1 N–H and O–H groups in total. The highest BCUT2D eigenvalue weighted by molar-refractivity contribution is 6.07. The van der Waals surface area contributed by atoms with Gasteiger partial charge in [-0.15, -0.1) is 5.01 Å². The fraction of sp³-hybridized carbons (Fsp3) is 0.286. The van der Waals surface area contributed by atoms with Crippen LogP contribution >= 0.6 is 0 Å². The molecule has 1 atom stereocenters. The van der Waals surface area contributed by atoms with Crippen molar-refractivity contribution in [2.75, 3.05) is 13.9 Å². The number of urea groups is 1. The van der Waals surface area contributed by atoms with Gasteiger partial charge in [0.15, 0.2) is 11.5 Å². The third kappa shape index (κ3) is 3.61. The maximum absolute atomic E-state index is 12.8. The number of hydrogen-bond acceptors (Lipinski definition) is 6. The Labute approximate surface area is 168 Å². The molecule has 0 bridgehead atoms. The molecule has 8 nitrogen and oxygen atoms in total. The second-order valence-corrected chi connectivity index (χ2v) is 7.07. The first-order valence-electron chi connectivity index (χ1n) is 9.22. The maximum Gasteiger partial charge on any atom is 0.346 e. The zero-order chi connectivity index (χ0) is 20.4. The predicted octanol–water partition coefficient (Wildman–Crippen LogP) is 2.70. The number of aryl methyl sites for hydroxylation is 1. The van der Waals surface area contributed by atoms with Gasteiger partial charge in [0.25, 0.3) is 5.91 Å². The normalized spacial score (nSPS) is 20.4. The van der Waals surface area contributed by atoms with Gasteiger partial charge in [0.05, 0.1) is 13.3 Å². The molecular formula is C21H21N3O5. The second-order valence-electron chi connectivity index (χ2n) is 7.07. The van der Waals surface area contributed by atoms with Crippen molar-refractivity contribution in [1.29, 1.82) is 0 Å². The number of carbonyl (C=O) groups excluding carboxylic acids is 2. The summed E-state index contributed by atoms with van der Waals surface area (Å²) in [6.07, 6.45) is 2.57. The van der Waals surface area contributed by atoms with E-state index >= 15 is 0 Å². The zero-order valence-electron chi connectivity index (χ0n) is 16.2. The average Bonchev–Trinajstić information content (AvgIpc) is 3.28. The Morgan fingerprint density at radius 2 is 2.03 bits per heavy atom. The molecule has 150 valence electrons. The molecule has 1 saturated heterocycles. The molecule has 0 spiro atoms. The molecule has 2 aromatic carbocycles. The summed E-state index contributed by atoms with van der Waals surface area (Å²) in [5.74, 6) is 1.15. The first-order valence-corrected chi connectivity index (χ1v) is 9.22. The topological polar surface area (TPSA) is 89.5 Å². The highest BCUT2D eigenvalue weighted by atomic mass is 16.7. The van der Waals surface area contributed by atoms with Crippen molar-refractivity contribution in [2.24, 2.45) is 5.10 Å². The van der Waals surface area contributed by atoms with E-state index in [4.69, 9.17) is 14.2 Å².